The molecule has 1 N–H and O–H groups in total. The second-order valence-corrected chi connectivity index (χ2v) is 8.07. The van der Waals surface area contributed by atoms with Crippen LogP contribution in [0.2, 0.25) is 0 Å². The summed E-state index contributed by atoms with van der Waals surface area (Å²) >= 11 is 1.92. The number of aromatic nitrogens is 1. The Labute approximate surface area is 153 Å². The van der Waals surface area contributed by atoms with Gasteiger partial charge in [-0.2, -0.15) is 0 Å². The molecule has 0 amide bonds. The van der Waals surface area contributed by atoms with Gasteiger partial charge in [-0.3, -0.25) is 0 Å². The molecule has 4 rings (SSSR count). The smallest absolute Gasteiger partial charge is 0.131 e. The molecule has 1 aliphatic rings. The van der Waals surface area contributed by atoms with Crippen molar-refractivity contribution in [3.63, 3.8) is 0 Å². The maximum Gasteiger partial charge on any atom is 0.131 e. The summed E-state index contributed by atoms with van der Waals surface area (Å²) in [4.78, 5) is 5.88. The van der Waals surface area contributed by atoms with Crippen LogP contribution in [-0.2, 0) is 0 Å². The number of nitrogens with zero attached hydrogens (tertiary/aromatic N) is 1. The molecule has 2 nitrogen and oxygen atoms in total. The Morgan fingerprint density at radius 3 is 2.36 bits per heavy atom. The number of pyridine rings is 1. The van der Waals surface area contributed by atoms with Crippen LogP contribution in [0.5, 0.6) is 0 Å². The van der Waals surface area contributed by atoms with Crippen molar-refractivity contribution >= 4 is 17.6 Å². The van der Waals surface area contributed by atoms with Crippen molar-refractivity contribution in [2.24, 2.45) is 0 Å². The van der Waals surface area contributed by atoms with E-state index in [4.69, 9.17) is 0 Å². The Morgan fingerprint density at radius 1 is 0.920 bits per heavy atom. The largest absolute Gasteiger partial charge is 0.368 e. The zero-order chi connectivity index (χ0) is 17.4. The molecular weight excluding hydrogens is 324 g/mol. The number of fused-ring (bicyclic) bond motifs is 1. The van der Waals surface area contributed by atoms with Crippen LogP contribution in [0.1, 0.15) is 27.5 Å². The lowest BCUT2D eigenvalue weighted by Crippen LogP contribution is -1.98. The average molecular weight is 346 g/mol. The van der Waals surface area contributed by atoms with Crippen molar-refractivity contribution < 1.29 is 0 Å². The molecule has 0 saturated carbocycles. The Kier molecular flexibility index (Phi) is 4.26. The minimum absolute atomic E-state index is 0.377. The molecule has 1 atom stereocenters. The first-order chi connectivity index (χ1) is 12.1. The summed E-state index contributed by atoms with van der Waals surface area (Å²) in [6.07, 6.45) is 1.91. The first kappa shape index (κ1) is 16.2. The van der Waals surface area contributed by atoms with E-state index in [0.717, 1.165) is 12.4 Å². The number of nitrogens with one attached hydrogen (secondary N) is 1. The highest BCUT2D eigenvalue weighted by molar-refractivity contribution is 7.99. The summed E-state index contributed by atoms with van der Waals surface area (Å²) in [7, 11) is 0. The van der Waals surface area contributed by atoms with Gasteiger partial charge in [0.05, 0.1) is 5.25 Å². The molecule has 3 aromatic rings. The quantitative estimate of drug-likeness (QED) is 0.636. The van der Waals surface area contributed by atoms with E-state index >= 15 is 0 Å². The molecule has 0 bridgehead atoms. The maximum absolute atomic E-state index is 4.57. The van der Waals surface area contributed by atoms with E-state index in [1.807, 2.05) is 18.0 Å². The Morgan fingerprint density at radius 2 is 1.64 bits per heavy atom. The Bertz CT molecular complexity index is 896. The molecule has 126 valence electrons. The Hall–Kier alpha value is -2.26. The van der Waals surface area contributed by atoms with Crippen molar-refractivity contribution in [2.75, 3.05) is 11.9 Å². The third-order valence-electron chi connectivity index (χ3n) is 4.60. The number of hydrogen-bond donors (Lipinski definition) is 1. The molecular formula is C22H22N2S. The normalized spacial score (nSPS) is 15.7. The first-order valence-electron chi connectivity index (χ1n) is 8.65. The third kappa shape index (κ3) is 3.29. The summed E-state index contributed by atoms with van der Waals surface area (Å²) in [6, 6.07) is 17.7. The van der Waals surface area contributed by atoms with Crippen LogP contribution in [0.15, 0.2) is 59.6 Å². The van der Waals surface area contributed by atoms with Gasteiger partial charge in [0.1, 0.15) is 5.82 Å². The van der Waals surface area contributed by atoms with Gasteiger partial charge in [-0.1, -0.05) is 47.0 Å². The van der Waals surface area contributed by atoms with E-state index in [1.165, 1.54) is 38.3 Å². The zero-order valence-electron chi connectivity index (χ0n) is 14.8. The van der Waals surface area contributed by atoms with E-state index in [-0.39, 0.29) is 0 Å². The third-order valence-corrected chi connectivity index (χ3v) is 5.83. The van der Waals surface area contributed by atoms with Crippen molar-refractivity contribution in [1.29, 1.82) is 0 Å². The number of thioether (sulfide) groups is 1. The molecule has 3 heteroatoms. The number of hydrogen-bond acceptors (Lipinski definition) is 3. The lowest BCUT2D eigenvalue weighted by atomic mass is 9.97. The number of benzene rings is 2. The first-order valence-corrected chi connectivity index (χ1v) is 9.53. The second-order valence-electron chi connectivity index (χ2n) is 6.80. The van der Waals surface area contributed by atoms with Gasteiger partial charge >= 0.3 is 0 Å². The number of aryl methyl sites for hydroxylation is 3. The van der Waals surface area contributed by atoms with E-state index in [2.05, 4.69) is 79.6 Å². The maximum atomic E-state index is 4.57. The van der Waals surface area contributed by atoms with Gasteiger partial charge in [0, 0.05) is 23.2 Å². The summed E-state index contributed by atoms with van der Waals surface area (Å²) in [6.45, 7) is 7.37. The van der Waals surface area contributed by atoms with Gasteiger partial charge in [-0.25, -0.2) is 4.98 Å². The molecule has 0 saturated heterocycles. The van der Waals surface area contributed by atoms with E-state index < -0.39 is 0 Å². The second kappa shape index (κ2) is 6.57. The summed E-state index contributed by atoms with van der Waals surface area (Å²) in [5, 5.41) is 3.87. The van der Waals surface area contributed by atoms with Crippen LogP contribution in [0.25, 0.3) is 11.1 Å². The molecule has 0 radical (unpaired) electrons. The van der Waals surface area contributed by atoms with Crippen LogP contribution < -0.4 is 5.32 Å². The van der Waals surface area contributed by atoms with Crippen LogP contribution in [0, 0.1) is 20.8 Å². The minimum atomic E-state index is 0.377. The molecule has 0 aliphatic carbocycles. The molecule has 1 unspecified atom stereocenters. The Balaban J connectivity index is 1.74. The predicted molar refractivity (Wildman–Crippen MR) is 107 cm³/mol. The van der Waals surface area contributed by atoms with Crippen LogP contribution in [0.3, 0.4) is 0 Å². The van der Waals surface area contributed by atoms with Crippen LogP contribution >= 0.6 is 11.8 Å². The number of anilines is 1. The van der Waals surface area contributed by atoms with Gasteiger partial charge < -0.3 is 5.32 Å². The molecule has 1 aromatic heterocycles. The van der Waals surface area contributed by atoms with E-state index in [9.17, 15) is 0 Å². The van der Waals surface area contributed by atoms with Crippen LogP contribution in [0.4, 0.5) is 5.82 Å². The standard InChI is InChI=1S/C22H22N2S/c1-14-4-6-18(7-5-14)25-20-13-24-22-21(20)19(8-9-23-22)17-11-15(2)10-16(3)12-17/h4-12,20H,13H2,1-3H3,(H,23,24). The van der Waals surface area contributed by atoms with Crippen molar-refractivity contribution in [3.05, 3.63) is 77.0 Å². The van der Waals surface area contributed by atoms with Gasteiger partial charge in [0.15, 0.2) is 0 Å². The lowest BCUT2D eigenvalue weighted by molar-refractivity contribution is 1.07. The average Bonchev–Trinajstić information content (AvgIpc) is 2.99. The van der Waals surface area contributed by atoms with Gasteiger partial charge in [-0.15, -0.1) is 11.8 Å². The highest BCUT2D eigenvalue weighted by atomic mass is 32.2. The fourth-order valence-electron chi connectivity index (χ4n) is 3.50. The number of rotatable bonds is 3. The van der Waals surface area contributed by atoms with Crippen molar-refractivity contribution in [2.45, 2.75) is 30.9 Å². The van der Waals surface area contributed by atoms with E-state index in [0.29, 0.717) is 5.25 Å². The fraction of sp³-hybridized carbons (Fsp3) is 0.227. The van der Waals surface area contributed by atoms with Gasteiger partial charge in [0.2, 0.25) is 0 Å². The molecule has 1 aliphatic heterocycles. The lowest BCUT2D eigenvalue weighted by Gasteiger charge is -2.15. The predicted octanol–water partition coefficient (Wildman–Crippen LogP) is 5.93. The van der Waals surface area contributed by atoms with E-state index in [1.54, 1.807) is 0 Å². The zero-order valence-corrected chi connectivity index (χ0v) is 15.7. The van der Waals surface area contributed by atoms with Gasteiger partial charge in [0.25, 0.3) is 0 Å². The molecule has 25 heavy (non-hydrogen) atoms. The summed E-state index contributed by atoms with van der Waals surface area (Å²) in [5.41, 5.74) is 7.81. The molecule has 0 spiro atoms. The monoisotopic (exact) mass is 346 g/mol. The van der Waals surface area contributed by atoms with Crippen molar-refractivity contribution in [1.82, 2.24) is 4.98 Å². The van der Waals surface area contributed by atoms with Crippen LogP contribution in [-0.4, -0.2) is 11.5 Å². The highest BCUT2D eigenvalue weighted by Crippen LogP contribution is 2.46. The van der Waals surface area contributed by atoms with Crippen molar-refractivity contribution in [3.8, 4) is 11.1 Å². The SMILES string of the molecule is Cc1ccc(SC2CNc3nccc(-c4cc(C)cc(C)c4)c32)cc1. The molecule has 2 heterocycles. The molecule has 2 aromatic carbocycles. The summed E-state index contributed by atoms with van der Waals surface area (Å²) < 4.78 is 0. The summed E-state index contributed by atoms with van der Waals surface area (Å²) in [5.74, 6) is 1.03. The van der Waals surface area contributed by atoms with Gasteiger partial charge in [-0.05, 0) is 50.1 Å². The highest BCUT2D eigenvalue weighted by Gasteiger charge is 2.27. The fourth-order valence-corrected chi connectivity index (χ4v) is 4.64. The topological polar surface area (TPSA) is 24.9 Å². The molecule has 0 fully saturated rings. The minimum Gasteiger partial charge on any atom is -0.368 e.